The Morgan fingerprint density at radius 1 is 1.11 bits per heavy atom. The number of aromatic nitrogens is 3. The molecule has 0 bridgehead atoms. The molecule has 0 radical (unpaired) electrons. The van der Waals surface area contributed by atoms with Gasteiger partial charge in [-0.3, -0.25) is 0 Å². The molecule has 3 aromatic rings. The molecule has 3 rings (SSSR count). The van der Waals surface area contributed by atoms with E-state index >= 15 is 0 Å². The monoisotopic (exact) mass is 236 g/mol. The first kappa shape index (κ1) is 10.5. The summed E-state index contributed by atoms with van der Waals surface area (Å²) in [5, 5.41) is 1.01. The van der Waals surface area contributed by atoms with Crippen molar-refractivity contribution in [3.63, 3.8) is 0 Å². The topological polar surface area (TPSA) is 67.6 Å². The van der Waals surface area contributed by atoms with Crippen molar-refractivity contribution in [3.05, 3.63) is 55.0 Å². The van der Waals surface area contributed by atoms with E-state index < -0.39 is 0 Å². The molecule has 2 aromatic heterocycles. The second kappa shape index (κ2) is 4.00. The molecule has 0 atom stereocenters. The maximum Gasteiger partial charge on any atom is 0.141 e. The second-order valence-electron chi connectivity index (χ2n) is 4.06. The van der Waals surface area contributed by atoms with Crippen molar-refractivity contribution in [1.29, 1.82) is 0 Å². The van der Waals surface area contributed by atoms with Crippen LogP contribution in [0.1, 0.15) is 5.56 Å². The van der Waals surface area contributed by atoms with Gasteiger partial charge in [-0.05, 0) is 11.6 Å². The number of hydrogen-bond donors (Lipinski definition) is 2. The van der Waals surface area contributed by atoms with Crippen molar-refractivity contribution in [2.24, 2.45) is 5.73 Å². The van der Waals surface area contributed by atoms with Crippen LogP contribution < -0.4 is 5.73 Å². The van der Waals surface area contributed by atoms with E-state index in [4.69, 9.17) is 5.73 Å². The Kier molecular flexibility index (Phi) is 2.34. The summed E-state index contributed by atoms with van der Waals surface area (Å²) in [7, 11) is 0. The largest absolute Gasteiger partial charge is 0.399 e. The minimum Gasteiger partial charge on any atom is -0.399 e. The van der Waals surface area contributed by atoms with Crippen molar-refractivity contribution in [2.75, 3.05) is 0 Å². The predicted molar refractivity (Wildman–Crippen MR) is 72.5 cm³/mol. The molecule has 1 aromatic carbocycles. The number of aromatic amines is 1. The van der Waals surface area contributed by atoms with Crippen molar-refractivity contribution >= 4 is 16.7 Å². The highest BCUT2D eigenvalue weighted by atomic mass is 14.9. The lowest BCUT2D eigenvalue weighted by molar-refractivity contribution is 1.20. The van der Waals surface area contributed by atoms with Crippen LogP contribution in [-0.2, 0) is 0 Å². The lowest BCUT2D eigenvalue weighted by Gasteiger charge is -2.04. The number of nitrogens with two attached hydrogens (primary N) is 1. The molecule has 0 aliphatic heterocycles. The van der Waals surface area contributed by atoms with Crippen LogP contribution in [0.25, 0.3) is 28.0 Å². The molecule has 0 saturated heterocycles. The van der Waals surface area contributed by atoms with Crippen LogP contribution in [0.5, 0.6) is 0 Å². The van der Waals surface area contributed by atoms with E-state index in [9.17, 15) is 0 Å². The fourth-order valence-corrected chi connectivity index (χ4v) is 1.94. The summed E-state index contributed by atoms with van der Waals surface area (Å²) in [6.45, 7) is 3.72. The Hall–Kier alpha value is -2.62. The highest BCUT2D eigenvalue weighted by Crippen LogP contribution is 2.25. The second-order valence-corrected chi connectivity index (χ2v) is 4.06. The van der Waals surface area contributed by atoms with Crippen molar-refractivity contribution < 1.29 is 0 Å². The Morgan fingerprint density at radius 3 is 2.61 bits per heavy atom. The fraction of sp³-hybridized carbons (Fsp3) is 0. The number of fused-ring (bicyclic) bond motifs is 1. The summed E-state index contributed by atoms with van der Waals surface area (Å²) in [6, 6.07) is 9.83. The first-order chi connectivity index (χ1) is 8.75. The van der Waals surface area contributed by atoms with E-state index in [1.165, 1.54) is 0 Å². The van der Waals surface area contributed by atoms with Crippen LogP contribution in [0, 0.1) is 0 Å². The predicted octanol–water partition coefficient (Wildman–Crippen LogP) is 2.55. The van der Waals surface area contributed by atoms with Gasteiger partial charge in [0.2, 0.25) is 0 Å². The van der Waals surface area contributed by atoms with Gasteiger partial charge in [-0.1, -0.05) is 30.8 Å². The molecule has 0 spiro atoms. The molecule has 4 nitrogen and oxygen atoms in total. The van der Waals surface area contributed by atoms with Crippen molar-refractivity contribution in [3.8, 4) is 11.3 Å². The normalized spacial score (nSPS) is 10.7. The zero-order valence-corrected chi connectivity index (χ0v) is 9.72. The number of rotatable bonds is 2. The van der Waals surface area contributed by atoms with Gasteiger partial charge in [0.1, 0.15) is 12.0 Å². The summed E-state index contributed by atoms with van der Waals surface area (Å²) in [5.74, 6) is 0. The Morgan fingerprint density at radius 2 is 1.89 bits per heavy atom. The zero-order valence-electron chi connectivity index (χ0n) is 9.72. The van der Waals surface area contributed by atoms with Crippen LogP contribution >= 0.6 is 0 Å². The van der Waals surface area contributed by atoms with Gasteiger partial charge in [0.25, 0.3) is 0 Å². The summed E-state index contributed by atoms with van der Waals surface area (Å²) in [6.07, 6.45) is 3.42. The van der Waals surface area contributed by atoms with E-state index in [2.05, 4.69) is 21.5 Å². The Labute approximate surface area is 104 Å². The molecular weight excluding hydrogens is 224 g/mol. The molecule has 0 saturated carbocycles. The molecule has 3 N–H and O–H groups in total. The molecule has 0 fully saturated rings. The van der Waals surface area contributed by atoms with Gasteiger partial charge in [0, 0.05) is 22.8 Å². The lowest BCUT2D eigenvalue weighted by Crippen LogP contribution is -1.93. The molecule has 0 unspecified atom stereocenters. The Balaban J connectivity index is 2.14. The number of H-pyrrole nitrogens is 1. The van der Waals surface area contributed by atoms with Crippen LogP contribution in [0.2, 0.25) is 0 Å². The molecule has 0 aliphatic carbocycles. The average Bonchev–Trinajstić information content (AvgIpc) is 2.87. The minimum atomic E-state index is 0.566. The average molecular weight is 236 g/mol. The van der Waals surface area contributed by atoms with Crippen LogP contribution in [0.3, 0.4) is 0 Å². The van der Waals surface area contributed by atoms with Gasteiger partial charge in [0.15, 0.2) is 0 Å². The smallest absolute Gasteiger partial charge is 0.141 e. The van der Waals surface area contributed by atoms with Gasteiger partial charge in [-0.2, -0.15) is 0 Å². The van der Waals surface area contributed by atoms with Gasteiger partial charge < -0.3 is 10.7 Å². The van der Waals surface area contributed by atoms with Crippen LogP contribution in [-0.4, -0.2) is 15.0 Å². The van der Waals surface area contributed by atoms with Gasteiger partial charge in [-0.25, -0.2) is 9.97 Å². The highest BCUT2D eigenvalue weighted by Gasteiger charge is 2.06. The fourth-order valence-electron chi connectivity index (χ4n) is 1.94. The van der Waals surface area contributed by atoms with E-state index in [-0.39, 0.29) is 0 Å². The van der Waals surface area contributed by atoms with E-state index in [0.29, 0.717) is 5.70 Å². The highest BCUT2D eigenvalue weighted by molar-refractivity contribution is 5.90. The molecule has 18 heavy (non-hydrogen) atoms. The molecule has 4 heteroatoms. The maximum absolute atomic E-state index is 5.65. The molecule has 88 valence electrons. The molecule has 0 amide bonds. The minimum absolute atomic E-state index is 0.566. The summed E-state index contributed by atoms with van der Waals surface area (Å²) in [5.41, 5.74) is 9.93. The quantitative estimate of drug-likeness (QED) is 0.718. The van der Waals surface area contributed by atoms with Gasteiger partial charge in [-0.15, -0.1) is 0 Å². The van der Waals surface area contributed by atoms with E-state index in [1.807, 2.05) is 36.5 Å². The SMILES string of the molecule is C=C(N)c1ccc(-c2ncnc3[nH]ccc23)cc1. The van der Waals surface area contributed by atoms with Crippen LogP contribution in [0.15, 0.2) is 49.4 Å². The standard InChI is InChI=1S/C14H12N4/c1-9(15)10-2-4-11(5-3-10)13-12-6-7-16-14(12)18-8-17-13/h2-8H,1,15H2,(H,16,17,18). The third-order valence-corrected chi connectivity index (χ3v) is 2.88. The summed E-state index contributed by atoms with van der Waals surface area (Å²) in [4.78, 5) is 11.6. The summed E-state index contributed by atoms with van der Waals surface area (Å²) >= 11 is 0. The van der Waals surface area contributed by atoms with Gasteiger partial charge >= 0.3 is 0 Å². The van der Waals surface area contributed by atoms with Crippen molar-refractivity contribution in [1.82, 2.24) is 15.0 Å². The zero-order chi connectivity index (χ0) is 12.5. The third-order valence-electron chi connectivity index (χ3n) is 2.88. The molecule has 2 heterocycles. The van der Waals surface area contributed by atoms with Crippen molar-refractivity contribution in [2.45, 2.75) is 0 Å². The molecular formula is C14H12N4. The lowest BCUT2D eigenvalue weighted by atomic mass is 10.1. The Bertz CT molecular complexity index is 710. The maximum atomic E-state index is 5.65. The van der Waals surface area contributed by atoms with Crippen LogP contribution in [0.4, 0.5) is 0 Å². The third kappa shape index (κ3) is 1.64. The number of benzene rings is 1. The van der Waals surface area contributed by atoms with E-state index in [0.717, 1.165) is 27.9 Å². The first-order valence-electron chi connectivity index (χ1n) is 5.59. The van der Waals surface area contributed by atoms with E-state index in [1.54, 1.807) is 6.33 Å². The summed E-state index contributed by atoms with van der Waals surface area (Å²) < 4.78 is 0. The number of nitrogens with zero attached hydrogens (tertiary/aromatic N) is 2. The number of hydrogen-bond acceptors (Lipinski definition) is 3. The van der Waals surface area contributed by atoms with Gasteiger partial charge in [0.05, 0.1) is 5.69 Å². The molecule has 0 aliphatic rings. The first-order valence-corrected chi connectivity index (χ1v) is 5.59. The number of nitrogens with one attached hydrogen (secondary N) is 1.